The van der Waals surface area contributed by atoms with E-state index in [0.29, 0.717) is 35.2 Å². The van der Waals surface area contributed by atoms with E-state index in [9.17, 15) is 4.79 Å². The lowest BCUT2D eigenvalue weighted by atomic mass is 10.1. The van der Waals surface area contributed by atoms with Crippen molar-refractivity contribution in [3.8, 4) is 5.75 Å². The van der Waals surface area contributed by atoms with Crippen molar-refractivity contribution in [2.75, 3.05) is 19.7 Å². The van der Waals surface area contributed by atoms with Crippen LogP contribution in [-0.4, -0.2) is 31.3 Å². The number of quaternary nitrogens is 1. The molecule has 0 saturated carbocycles. The van der Waals surface area contributed by atoms with Crippen LogP contribution >= 0.6 is 23.2 Å². The van der Waals surface area contributed by atoms with Gasteiger partial charge in [0.15, 0.2) is 0 Å². The first kappa shape index (κ1) is 21.6. The SMILES string of the molecule is O=C(CCCOc1ccc(Cl)cc1Cl)NN=C1CC[NH+](Cc2ccccc2)CC1. The minimum atomic E-state index is -0.0950. The molecule has 0 unspecified atom stereocenters. The Morgan fingerprint density at radius 2 is 1.86 bits per heavy atom. The molecule has 2 aromatic rings. The predicted molar refractivity (Wildman–Crippen MR) is 117 cm³/mol. The third-order valence-electron chi connectivity index (χ3n) is 4.87. The van der Waals surface area contributed by atoms with E-state index in [1.165, 1.54) is 5.56 Å². The number of rotatable bonds is 8. The van der Waals surface area contributed by atoms with Gasteiger partial charge in [-0.05, 0) is 24.6 Å². The number of hydrazone groups is 1. The zero-order valence-corrected chi connectivity index (χ0v) is 17.8. The molecule has 154 valence electrons. The monoisotopic (exact) mass is 434 g/mol. The number of ether oxygens (including phenoxy) is 1. The predicted octanol–water partition coefficient (Wildman–Crippen LogP) is 3.50. The number of carbonyl (C=O) groups excluding carboxylic acids is 1. The number of nitrogens with zero attached hydrogens (tertiary/aromatic N) is 1. The number of carbonyl (C=O) groups is 1. The molecule has 1 aliphatic rings. The number of piperidine rings is 1. The summed E-state index contributed by atoms with van der Waals surface area (Å²) in [6, 6.07) is 15.6. The first-order valence-electron chi connectivity index (χ1n) is 9.90. The van der Waals surface area contributed by atoms with Gasteiger partial charge in [-0.15, -0.1) is 0 Å². The maximum Gasteiger partial charge on any atom is 0.240 e. The van der Waals surface area contributed by atoms with Crippen LogP contribution in [0.1, 0.15) is 31.2 Å². The number of benzene rings is 2. The van der Waals surface area contributed by atoms with Gasteiger partial charge in [0.25, 0.3) is 0 Å². The summed E-state index contributed by atoms with van der Waals surface area (Å²) in [6.45, 7) is 3.53. The molecular weight excluding hydrogens is 409 g/mol. The molecular formula is C22H26Cl2N3O2+. The molecule has 1 saturated heterocycles. The molecule has 1 fully saturated rings. The van der Waals surface area contributed by atoms with E-state index in [1.807, 2.05) is 6.07 Å². The summed E-state index contributed by atoms with van der Waals surface area (Å²) in [6.07, 6.45) is 2.78. The van der Waals surface area contributed by atoms with Gasteiger partial charge in [-0.3, -0.25) is 4.79 Å². The number of halogens is 2. The van der Waals surface area contributed by atoms with Crippen LogP contribution < -0.4 is 15.1 Å². The summed E-state index contributed by atoms with van der Waals surface area (Å²) in [5, 5.41) is 5.34. The Morgan fingerprint density at radius 1 is 1.10 bits per heavy atom. The Kier molecular flexibility index (Phi) is 8.35. The maximum absolute atomic E-state index is 12.0. The smallest absolute Gasteiger partial charge is 0.240 e. The second kappa shape index (κ2) is 11.2. The highest BCUT2D eigenvalue weighted by atomic mass is 35.5. The van der Waals surface area contributed by atoms with Gasteiger partial charge >= 0.3 is 0 Å². The lowest BCUT2D eigenvalue weighted by molar-refractivity contribution is -0.914. The van der Waals surface area contributed by atoms with E-state index in [-0.39, 0.29) is 5.91 Å². The number of nitrogens with one attached hydrogen (secondary N) is 2. The van der Waals surface area contributed by atoms with Crippen LogP contribution in [0.3, 0.4) is 0 Å². The Hall–Kier alpha value is -2.08. The van der Waals surface area contributed by atoms with Gasteiger partial charge in [0.2, 0.25) is 5.91 Å². The average molecular weight is 435 g/mol. The van der Waals surface area contributed by atoms with Gasteiger partial charge in [-0.25, -0.2) is 5.43 Å². The first-order valence-corrected chi connectivity index (χ1v) is 10.7. The molecule has 0 atom stereocenters. The first-order chi connectivity index (χ1) is 14.1. The summed E-state index contributed by atoms with van der Waals surface area (Å²) in [5.41, 5.74) is 5.10. The zero-order valence-electron chi connectivity index (χ0n) is 16.3. The summed E-state index contributed by atoms with van der Waals surface area (Å²) >= 11 is 11.9. The third kappa shape index (κ3) is 7.35. The summed E-state index contributed by atoms with van der Waals surface area (Å²) in [5.74, 6) is 0.476. The van der Waals surface area contributed by atoms with Gasteiger partial charge in [0.1, 0.15) is 12.3 Å². The molecule has 29 heavy (non-hydrogen) atoms. The van der Waals surface area contributed by atoms with Gasteiger partial charge < -0.3 is 9.64 Å². The molecule has 1 aliphatic heterocycles. The summed E-state index contributed by atoms with van der Waals surface area (Å²) < 4.78 is 5.59. The number of hydrogen-bond acceptors (Lipinski definition) is 3. The average Bonchev–Trinajstić information content (AvgIpc) is 2.73. The lowest BCUT2D eigenvalue weighted by Gasteiger charge is -2.24. The fourth-order valence-electron chi connectivity index (χ4n) is 3.27. The second-order valence-corrected chi connectivity index (χ2v) is 8.00. The van der Waals surface area contributed by atoms with Crippen LogP contribution in [-0.2, 0) is 11.3 Å². The molecule has 0 spiro atoms. The largest absolute Gasteiger partial charge is 0.492 e. The molecule has 0 bridgehead atoms. The molecule has 0 aliphatic carbocycles. The van der Waals surface area contributed by atoms with E-state index >= 15 is 0 Å². The van der Waals surface area contributed by atoms with Crippen molar-refractivity contribution in [3.63, 3.8) is 0 Å². The van der Waals surface area contributed by atoms with Crippen molar-refractivity contribution in [3.05, 3.63) is 64.1 Å². The minimum absolute atomic E-state index is 0.0950. The molecule has 2 N–H and O–H groups in total. The van der Waals surface area contributed by atoms with E-state index in [0.717, 1.165) is 38.2 Å². The van der Waals surface area contributed by atoms with Crippen molar-refractivity contribution in [1.82, 2.24) is 5.43 Å². The number of likely N-dealkylation sites (tertiary alicyclic amines) is 1. The highest BCUT2D eigenvalue weighted by Gasteiger charge is 2.18. The zero-order chi connectivity index (χ0) is 20.5. The van der Waals surface area contributed by atoms with Gasteiger partial charge in [0.05, 0.1) is 24.7 Å². The number of amides is 1. The van der Waals surface area contributed by atoms with Crippen molar-refractivity contribution < 1.29 is 14.4 Å². The Bertz CT molecular complexity index is 833. The highest BCUT2D eigenvalue weighted by Crippen LogP contribution is 2.27. The van der Waals surface area contributed by atoms with E-state index in [1.54, 1.807) is 23.1 Å². The normalized spacial score (nSPS) is 16.3. The van der Waals surface area contributed by atoms with Crippen molar-refractivity contribution in [2.45, 2.75) is 32.2 Å². The molecule has 1 heterocycles. The van der Waals surface area contributed by atoms with Gasteiger partial charge in [0, 0.05) is 35.6 Å². The summed E-state index contributed by atoms with van der Waals surface area (Å²) in [4.78, 5) is 13.5. The van der Waals surface area contributed by atoms with Crippen molar-refractivity contribution in [2.24, 2.45) is 5.10 Å². The number of hydrogen-bond donors (Lipinski definition) is 2. The van der Waals surface area contributed by atoms with Crippen LogP contribution in [0.25, 0.3) is 0 Å². The van der Waals surface area contributed by atoms with Crippen LogP contribution in [0.2, 0.25) is 10.0 Å². The van der Waals surface area contributed by atoms with Gasteiger partial charge in [-0.1, -0.05) is 53.5 Å². The summed E-state index contributed by atoms with van der Waals surface area (Å²) in [7, 11) is 0. The van der Waals surface area contributed by atoms with E-state index in [4.69, 9.17) is 27.9 Å². The Labute approximate surface area is 181 Å². The highest BCUT2D eigenvalue weighted by molar-refractivity contribution is 6.35. The molecule has 0 radical (unpaired) electrons. The molecule has 7 heteroatoms. The Balaban J connectivity index is 1.31. The second-order valence-electron chi connectivity index (χ2n) is 7.15. The topological polar surface area (TPSA) is 55.1 Å². The Morgan fingerprint density at radius 3 is 2.59 bits per heavy atom. The lowest BCUT2D eigenvalue weighted by Crippen LogP contribution is -3.11. The standard InChI is InChI=1S/C22H25Cl2N3O2/c23-18-8-9-21(20(24)15-18)29-14-4-7-22(28)26-25-19-10-12-27(13-11-19)16-17-5-2-1-3-6-17/h1-3,5-6,8-9,15H,4,7,10-14,16H2,(H,26,28)/p+1. The van der Waals surface area contributed by atoms with E-state index < -0.39 is 0 Å². The van der Waals surface area contributed by atoms with Gasteiger partial charge in [-0.2, -0.15) is 5.10 Å². The fourth-order valence-corrected chi connectivity index (χ4v) is 3.73. The molecule has 2 aromatic carbocycles. The third-order valence-corrected chi connectivity index (χ3v) is 5.40. The maximum atomic E-state index is 12.0. The van der Waals surface area contributed by atoms with Crippen LogP contribution in [0.5, 0.6) is 5.75 Å². The minimum Gasteiger partial charge on any atom is -0.492 e. The molecule has 5 nitrogen and oxygen atoms in total. The van der Waals surface area contributed by atoms with E-state index in [2.05, 4.69) is 34.8 Å². The van der Waals surface area contributed by atoms with Crippen LogP contribution in [0, 0.1) is 0 Å². The fraction of sp³-hybridized carbons (Fsp3) is 0.364. The molecule has 3 rings (SSSR count). The molecule has 0 aromatic heterocycles. The van der Waals surface area contributed by atoms with Crippen LogP contribution in [0.4, 0.5) is 0 Å². The quantitative estimate of drug-likeness (QED) is 0.493. The van der Waals surface area contributed by atoms with Crippen molar-refractivity contribution >= 4 is 34.8 Å². The van der Waals surface area contributed by atoms with Crippen molar-refractivity contribution in [1.29, 1.82) is 0 Å². The molecule has 1 amide bonds. The van der Waals surface area contributed by atoms with Crippen LogP contribution in [0.15, 0.2) is 53.6 Å².